The van der Waals surface area contributed by atoms with Crippen molar-refractivity contribution in [2.24, 2.45) is 0 Å². The standard InChI is InChI=1S/C12H14IN3O/c1-8(2)16-7-10(6-15-16)17-12-4-3-9(14)5-11(12)13/h3-8H,14H2,1-2H3. The first-order valence-electron chi connectivity index (χ1n) is 5.33. The summed E-state index contributed by atoms with van der Waals surface area (Å²) in [6.45, 7) is 4.15. The number of nitrogens with two attached hydrogens (primary N) is 1. The number of rotatable bonds is 3. The van der Waals surface area contributed by atoms with Crippen molar-refractivity contribution in [2.45, 2.75) is 19.9 Å². The van der Waals surface area contributed by atoms with Crippen LogP contribution in [0.15, 0.2) is 30.6 Å². The summed E-state index contributed by atoms with van der Waals surface area (Å²) in [7, 11) is 0. The van der Waals surface area contributed by atoms with Crippen LogP contribution in [0.5, 0.6) is 11.5 Å². The molecule has 0 saturated carbocycles. The molecule has 2 aromatic rings. The third-order valence-corrected chi connectivity index (χ3v) is 3.13. The van der Waals surface area contributed by atoms with Gasteiger partial charge in [-0.1, -0.05) is 0 Å². The van der Waals surface area contributed by atoms with Crippen molar-refractivity contribution in [3.05, 3.63) is 34.2 Å². The first-order chi connectivity index (χ1) is 8.06. The van der Waals surface area contributed by atoms with Crippen LogP contribution < -0.4 is 10.5 Å². The molecule has 0 bridgehead atoms. The normalized spacial score (nSPS) is 10.8. The molecule has 0 aliphatic heterocycles. The molecule has 4 nitrogen and oxygen atoms in total. The van der Waals surface area contributed by atoms with Crippen LogP contribution in [0.25, 0.3) is 0 Å². The Kier molecular flexibility index (Phi) is 3.56. The summed E-state index contributed by atoms with van der Waals surface area (Å²) < 4.78 is 8.60. The third kappa shape index (κ3) is 2.91. The maximum Gasteiger partial charge on any atom is 0.165 e. The highest BCUT2D eigenvalue weighted by atomic mass is 127. The van der Waals surface area contributed by atoms with E-state index in [0.29, 0.717) is 6.04 Å². The van der Waals surface area contributed by atoms with Crippen molar-refractivity contribution in [3.8, 4) is 11.5 Å². The number of halogens is 1. The van der Waals surface area contributed by atoms with Gasteiger partial charge in [-0.3, -0.25) is 4.68 Å². The Bertz CT molecular complexity index is 522. The van der Waals surface area contributed by atoms with Crippen molar-refractivity contribution in [2.75, 3.05) is 5.73 Å². The van der Waals surface area contributed by atoms with E-state index in [9.17, 15) is 0 Å². The molecule has 0 unspecified atom stereocenters. The third-order valence-electron chi connectivity index (χ3n) is 2.29. The summed E-state index contributed by atoms with van der Waals surface area (Å²) in [5.74, 6) is 1.53. The van der Waals surface area contributed by atoms with Crippen molar-refractivity contribution < 1.29 is 4.74 Å². The molecule has 1 aromatic carbocycles. The van der Waals surface area contributed by atoms with Gasteiger partial charge in [-0.05, 0) is 54.6 Å². The van der Waals surface area contributed by atoms with Crippen LogP contribution in [-0.2, 0) is 0 Å². The number of nitrogens with zero attached hydrogens (tertiary/aromatic N) is 2. The predicted molar refractivity (Wildman–Crippen MR) is 76.3 cm³/mol. The molecule has 2 N–H and O–H groups in total. The predicted octanol–water partition coefficient (Wildman–Crippen LogP) is 3.44. The van der Waals surface area contributed by atoms with E-state index in [0.717, 1.165) is 20.8 Å². The molecule has 0 saturated heterocycles. The lowest BCUT2D eigenvalue weighted by Crippen LogP contribution is -1.99. The van der Waals surface area contributed by atoms with E-state index in [1.54, 1.807) is 6.20 Å². The van der Waals surface area contributed by atoms with Gasteiger partial charge in [0.1, 0.15) is 5.75 Å². The highest BCUT2D eigenvalue weighted by Gasteiger charge is 2.06. The molecule has 1 heterocycles. The number of benzene rings is 1. The Balaban J connectivity index is 2.19. The van der Waals surface area contributed by atoms with Crippen LogP contribution in [0, 0.1) is 3.57 Å². The fourth-order valence-corrected chi connectivity index (χ4v) is 2.03. The molecule has 0 aliphatic rings. The van der Waals surface area contributed by atoms with Crippen LogP contribution in [0.1, 0.15) is 19.9 Å². The van der Waals surface area contributed by atoms with Gasteiger partial charge in [0.15, 0.2) is 5.75 Å². The van der Waals surface area contributed by atoms with E-state index >= 15 is 0 Å². The van der Waals surface area contributed by atoms with Crippen molar-refractivity contribution in [3.63, 3.8) is 0 Å². The van der Waals surface area contributed by atoms with Crippen LogP contribution >= 0.6 is 22.6 Å². The summed E-state index contributed by atoms with van der Waals surface area (Å²) >= 11 is 2.20. The average molecular weight is 343 g/mol. The molecular formula is C12H14IN3O. The van der Waals surface area contributed by atoms with E-state index in [2.05, 4.69) is 41.5 Å². The van der Waals surface area contributed by atoms with Crippen LogP contribution in [-0.4, -0.2) is 9.78 Å². The second-order valence-electron chi connectivity index (χ2n) is 4.04. The van der Waals surface area contributed by atoms with E-state index in [1.165, 1.54) is 0 Å². The molecule has 0 radical (unpaired) electrons. The Morgan fingerprint density at radius 2 is 2.18 bits per heavy atom. The smallest absolute Gasteiger partial charge is 0.165 e. The highest BCUT2D eigenvalue weighted by molar-refractivity contribution is 14.1. The fraction of sp³-hybridized carbons (Fsp3) is 0.250. The molecular weight excluding hydrogens is 329 g/mol. The SMILES string of the molecule is CC(C)n1cc(Oc2ccc(N)cc2I)cn1. The first kappa shape index (κ1) is 12.2. The summed E-state index contributed by atoms with van der Waals surface area (Å²) in [4.78, 5) is 0. The van der Waals surface area contributed by atoms with Gasteiger partial charge in [0, 0.05) is 11.7 Å². The maximum absolute atomic E-state index is 5.75. The largest absolute Gasteiger partial charge is 0.453 e. The highest BCUT2D eigenvalue weighted by Crippen LogP contribution is 2.28. The first-order valence-corrected chi connectivity index (χ1v) is 6.41. The van der Waals surface area contributed by atoms with Crippen molar-refractivity contribution >= 4 is 28.3 Å². The quantitative estimate of drug-likeness (QED) is 0.686. The van der Waals surface area contributed by atoms with Crippen molar-refractivity contribution in [1.82, 2.24) is 9.78 Å². The Hall–Kier alpha value is -1.24. The molecule has 5 heteroatoms. The van der Waals surface area contributed by atoms with Crippen molar-refractivity contribution in [1.29, 1.82) is 0 Å². The minimum absolute atomic E-state index is 0.331. The molecule has 0 amide bonds. The van der Waals surface area contributed by atoms with Gasteiger partial charge >= 0.3 is 0 Å². The second kappa shape index (κ2) is 4.95. The van der Waals surface area contributed by atoms with Gasteiger partial charge in [-0.25, -0.2) is 0 Å². The van der Waals surface area contributed by atoms with Crippen LogP contribution in [0.3, 0.4) is 0 Å². The summed E-state index contributed by atoms with van der Waals surface area (Å²) in [6.07, 6.45) is 3.60. The Morgan fingerprint density at radius 3 is 2.76 bits per heavy atom. The van der Waals surface area contributed by atoms with E-state index in [4.69, 9.17) is 10.5 Å². The molecule has 1 aromatic heterocycles. The van der Waals surface area contributed by atoms with E-state index in [1.807, 2.05) is 29.1 Å². The zero-order valence-corrected chi connectivity index (χ0v) is 11.9. The van der Waals surface area contributed by atoms with E-state index in [-0.39, 0.29) is 0 Å². The lowest BCUT2D eigenvalue weighted by atomic mass is 10.3. The monoisotopic (exact) mass is 343 g/mol. The number of anilines is 1. The minimum atomic E-state index is 0.331. The molecule has 2 rings (SSSR count). The fourth-order valence-electron chi connectivity index (χ4n) is 1.38. The maximum atomic E-state index is 5.75. The molecule has 0 atom stereocenters. The summed E-state index contributed by atoms with van der Waals surface area (Å²) in [5, 5.41) is 4.22. The van der Waals surface area contributed by atoms with Gasteiger partial charge in [0.2, 0.25) is 0 Å². The number of hydrogen-bond donors (Lipinski definition) is 1. The number of aromatic nitrogens is 2. The number of hydrogen-bond acceptors (Lipinski definition) is 3. The zero-order valence-electron chi connectivity index (χ0n) is 9.72. The molecule has 0 aliphatic carbocycles. The summed E-state index contributed by atoms with van der Waals surface area (Å²) in [6, 6.07) is 5.90. The molecule has 0 fully saturated rings. The average Bonchev–Trinajstić information content (AvgIpc) is 2.71. The van der Waals surface area contributed by atoms with Gasteiger partial charge in [-0.15, -0.1) is 0 Å². The van der Waals surface area contributed by atoms with Gasteiger partial charge in [0.05, 0.1) is 16.0 Å². The second-order valence-corrected chi connectivity index (χ2v) is 5.20. The zero-order chi connectivity index (χ0) is 12.4. The topological polar surface area (TPSA) is 53.1 Å². The summed E-state index contributed by atoms with van der Waals surface area (Å²) in [5.41, 5.74) is 6.42. The molecule has 90 valence electrons. The van der Waals surface area contributed by atoms with Gasteiger partial charge in [0.25, 0.3) is 0 Å². The Labute approximate surface area is 114 Å². The van der Waals surface area contributed by atoms with Crippen LogP contribution in [0.4, 0.5) is 5.69 Å². The van der Waals surface area contributed by atoms with Gasteiger partial charge in [-0.2, -0.15) is 5.10 Å². The molecule has 0 spiro atoms. The number of nitrogen functional groups attached to an aromatic ring is 1. The lowest BCUT2D eigenvalue weighted by Gasteiger charge is -2.06. The number of ether oxygens (including phenoxy) is 1. The van der Waals surface area contributed by atoms with Crippen LogP contribution in [0.2, 0.25) is 0 Å². The minimum Gasteiger partial charge on any atom is -0.453 e. The molecule has 17 heavy (non-hydrogen) atoms. The van der Waals surface area contributed by atoms with E-state index < -0.39 is 0 Å². The Morgan fingerprint density at radius 1 is 1.41 bits per heavy atom. The lowest BCUT2D eigenvalue weighted by molar-refractivity contribution is 0.474. The van der Waals surface area contributed by atoms with Gasteiger partial charge < -0.3 is 10.5 Å².